The van der Waals surface area contributed by atoms with Crippen LogP contribution >= 0.6 is 0 Å². The predicted molar refractivity (Wildman–Crippen MR) is 160 cm³/mol. The van der Waals surface area contributed by atoms with Crippen molar-refractivity contribution in [1.29, 1.82) is 5.26 Å². The third kappa shape index (κ3) is 4.94. The van der Waals surface area contributed by atoms with Gasteiger partial charge in [0.05, 0.1) is 21.6 Å². The lowest BCUT2D eigenvalue weighted by atomic mass is 9.87. The van der Waals surface area contributed by atoms with Crippen molar-refractivity contribution in [2.24, 2.45) is 0 Å². The second-order valence-electron chi connectivity index (χ2n) is 11.1. The Kier molecular flexibility index (Phi) is 6.89. The molecule has 1 N–H and O–H groups in total. The summed E-state index contributed by atoms with van der Waals surface area (Å²) in [6.45, 7) is 7.99. The molecule has 0 fully saturated rings. The summed E-state index contributed by atoms with van der Waals surface area (Å²) in [5.41, 5.74) is 4.28. The number of nitrogens with zero attached hydrogens (tertiary/aromatic N) is 5. The van der Waals surface area contributed by atoms with Gasteiger partial charge in [-0.2, -0.15) is 5.26 Å². The number of sulfonamides is 1. The SMILES string of the molecule is Cc1ccc(-n2c(NC(=O)c3ccc(C(C)(C)C)cc3)c(C#N)c3nc4ccccc4nc32)cc1S(=O)(=O)N(C)C. The topological polar surface area (TPSA) is 121 Å². The molecule has 208 valence electrons. The number of anilines is 1. The lowest BCUT2D eigenvalue weighted by Gasteiger charge is -2.19. The van der Waals surface area contributed by atoms with Crippen molar-refractivity contribution < 1.29 is 13.2 Å². The molecule has 0 aliphatic carbocycles. The van der Waals surface area contributed by atoms with Gasteiger partial charge in [-0.1, -0.05) is 51.1 Å². The average Bonchev–Trinajstić information content (AvgIpc) is 3.22. The largest absolute Gasteiger partial charge is 0.306 e. The first-order valence-corrected chi connectivity index (χ1v) is 14.4. The number of nitriles is 1. The van der Waals surface area contributed by atoms with E-state index in [0.29, 0.717) is 39.0 Å². The fourth-order valence-corrected chi connectivity index (χ4v) is 5.76. The normalized spacial score (nSPS) is 12.1. The number of hydrogen-bond donors (Lipinski definition) is 1. The van der Waals surface area contributed by atoms with E-state index in [4.69, 9.17) is 9.97 Å². The summed E-state index contributed by atoms with van der Waals surface area (Å²) in [6, 6.07) is 21.7. The number of benzene rings is 3. The fraction of sp³-hybridized carbons (Fsp3) is 0.226. The summed E-state index contributed by atoms with van der Waals surface area (Å²) in [7, 11) is -0.855. The van der Waals surface area contributed by atoms with Gasteiger partial charge in [-0.15, -0.1) is 0 Å². The van der Waals surface area contributed by atoms with Gasteiger partial charge in [0.2, 0.25) is 10.0 Å². The molecule has 0 spiro atoms. The monoisotopic (exact) mass is 566 g/mol. The summed E-state index contributed by atoms with van der Waals surface area (Å²) >= 11 is 0. The van der Waals surface area contributed by atoms with Crippen molar-refractivity contribution in [3.05, 3.63) is 89.0 Å². The van der Waals surface area contributed by atoms with E-state index in [-0.39, 0.29) is 21.7 Å². The van der Waals surface area contributed by atoms with Crippen LogP contribution in [-0.2, 0) is 15.4 Å². The molecule has 3 aromatic carbocycles. The van der Waals surface area contributed by atoms with Gasteiger partial charge in [-0.25, -0.2) is 22.7 Å². The first-order chi connectivity index (χ1) is 19.3. The molecule has 9 nitrogen and oxygen atoms in total. The van der Waals surface area contributed by atoms with E-state index < -0.39 is 15.9 Å². The number of amides is 1. The second-order valence-corrected chi connectivity index (χ2v) is 13.2. The van der Waals surface area contributed by atoms with E-state index >= 15 is 0 Å². The van der Waals surface area contributed by atoms with Gasteiger partial charge in [0.1, 0.15) is 23.0 Å². The Hall–Kier alpha value is -4.59. The average molecular weight is 567 g/mol. The van der Waals surface area contributed by atoms with Crippen molar-refractivity contribution in [3.63, 3.8) is 0 Å². The van der Waals surface area contributed by atoms with E-state index in [1.54, 1.807) is 47.9 Å². The number of carbonyl (C=O) groups is 1. The van der Waals surface area contributed by atoms with Crippen LogP contribution in [-0.4, -0.2) is 47.3 Å². The number of aromatic nitrogens is 3. The van der Waals surface area contributed by atoms with E-state index in [1.807, 2.05) is 24.3 Å². The molecule has 0 bridgehead atoms. The van der Waals surface area contributed by atoms with Gasteiger partial charge >= 0.3 is 0 Å². The summed E-state index contributed by atoms with van der Waals surface area (Å²) in [5.74, 6) is -0.274. The number of aryl methyl sites for hydroxylation is 1. The molecule has 0 unspecified atom stereocenters. The maximum Gasteiger partial charge on any atom is 0.256 e. The first kappa shape index (κ1) is 28.0. The molecular formula is C31H30N6O3S. The van der Waals surface area contributed by atoms with Gasteiger partial charge in [0.25, 0.3) is 5.91 Å². The number of hydrogen-bond acceptors (Lipinski definition) is 6. The van der Waals surface area contributed by atoms with Crippen LogP contribution in [0.15, 0.2) is 71.6 Å². The van der Waals surface area contributed by atoms with Gasteiger partial charge in [-0.3, -0.25) is 9.36 Å². The Morgan fingerprint density at radius 3 is 2.20 bits per heavy atom. The maximum atomic E-state index is 13.5. The van der Waals surface area contributed by atoms with E-state index in [0.717, 1.165) is 9.87 Å². The number of rotatable bonds is 5. The van der Waals surface area contributed by atoms with Crippen molar-refractivity contribution in [2.45, 2.75) is 38.0 Å². The van der Waals surface area contributed by atoms with E-state index in [9.17, 15) is 18.5 Å². The van der Waals surface area contributed by atoms with Crippen molar-refractivity contribution >= 4 is 43.9 Å². The molecule has 0 saturated heterocycles. The Morgan fingerprint density at radius 2 is 1.61 bits per heavy atom. The van der Waals surface area contributed by atoms with Crippen LogP contribution in [0.1, 0.15) is 47.8 Å². The summed E-state index contributed by atoms with van der Waals surface area (Å²) in [4.78, 5) is 23.1. The van der Waals surface area contributed by atoms with Crippen LogP contribution in [0.2, 0.25) is 0 Å². The smallest absolute Gasteiger partial charge is 0.256 e. The van der Waals surface area contributed by atoms with Crippen LogP contribution < -0.4 is 5.32 Å². The van der Waals surface area contributed by atoms with Crippen LogP contribution in [0.25, 0.3) is 27.9 Å². The quantitative estimate of drug-likeness (QED) is 0.298. The summed E-state index contributed by atoms with van der Waals surface area (Å²) < 4.78 is 29.0. The molecule has 2 aromatic heterocycles. The van der Waals surface area contributed by atoms with Crippen molar-refractivity contribution in [1.82, 2.24) is 18.8 Å². The lowest BCUT2D eigenvalue weighted by Crippen LogP contribution is -2.23. The molecular weight excluding hydrogens is 536 g/mol. The van der Waals surface area contributed by atoms with Crippen molar-refractivity contribution in [2.75, 3.05) is 19.4 Å². The van der Waals surface area contributed by atoms with Gasteiger partial charge in [0.15, 0.2) is 5.65 Å². The van der Waals surface area contributed by atoms with Gasteiger partial charge < -0.3 is 5.32 Å². The molecule has 1 amide bonds. The molecule has 5 aromatic rings. The highest BCUT2D eigenvalue weighted by Gasteiger charge is 2.26. The number of carbonyl (C=O) groups excluding carboxylic acids is 1. The minimum Gasteiger partial charge on any atom is -0.306 e. The first-order valence-electron chi connectivity index (χ1n) is 13.0. The third-order valence-electron chi connectivity index (χ3n) is 7.01. The molecule has 0 saturated carbocycles. The molecule has 0 radical (unpaired) electrons. The Balaban J connectivity index is 1.76. The highest BCUT2D eigenvalue weighted by atomic mass is 32.2. The fourth-order valence-electron chi connectivity index (χ4n) is 4.62. The highest BCUT2D eigenvalue weighted by molar-refractivity contribution is 7.89. The van der Waals surface area contributed by atoms with Gasteiger partial charge in [0, 0.05) is 19.7 Å². The highest BCUT2D eigenvalue weighted by Crippen LogP contribution is 2.34. The van der Waals surface area contributed by atoms with Crippen LogP contribution in [0.5, 0.6) is 0 Å². The molecule has 0 atom stereocenters. The number of fused-ring (bicyclic) bond motifs is 2. The van der Waals surface area contributed by atoms with Crippen LogP contribution in [0, 0.1) is 18.3 Å². The Morgan fingerprint density at radius 1 is 0.976 bits per heavy atom. The zero-order valence-corrected chi connectivity index (χ0v) is 24.5. The lowest BCUT2D eigenvalue weighted by molar-refractivity contribution is 0.102. The molecule has 0 aliphatic rings. The molecule has 41 heavy (non-hydrogen) atoms. The minimum absolute atomic E-state index is 0.0786. The molecule has 0 aliphatic heterocycles. The molecule has 2 heterocycles. The minimum atomic E-state index is -3.79. The second kappa shape index (κ2) is 10.1. The molecule has 10 heteroatoms. The van der Waals surface area contributed by atoms with Gasteiger partial charge in [-0.05, 0) is 59.9 Å². The third-order valence-corrected chi connectivity index (χ3v) is 8.96. The zero-order chi connectivity index (χ0) is 29.7. The molecule has 5 rings (SSSR count). The Labute approximate surface area is 239 Å². The summed E-state index contributed by atoms with van der Waals surface area (Å²) in [5, 5.41) is 13.2. The van der Waals surface area contributed by atoms with E-state index in [1.165, 1.54) is 20.2 Å². The maximum absolute atomic E-state index is 13.5. The zero-order valence-electron chi connectivity index (χ0n) is 23.7. The van der Waals surface area contributed by atoms with E-state index in [2.05, 4.69) is 32.2 Å². The van der Waals surface area contributed by atoms with Crippen molar-refractivity contribution in [3.8, 4) is 11.8 Å². The van der Waals surface area contributed by atoms with Crippen LogP contribution in [0.3, 0.4) is 0 Å². The number of para-hydroxylation sites is 2. The standard InChI is InChI=1S/C31H30N6O3S/c1-19-11-16-22(17-26(19)41(39,40)36(5)6)37-28(35-30(38)20-12-14-21(15-13-20)31(2,3)4)23(18-32)27-29(37)34-25-10-8-7-9-24(25)33-27/h7-17H,1-6H3,(H,35,38). The Bertz CT molecular complexity index is 1980. The number of nitrogens with one attached hydrogen (secondary N) is 1. The summed E-state index contributed by atoms with van der Waals surface area (Å²) in [6.07, 6.45) is 0. The predicted octanol–water partition coefficient (Wildman–Crippen LogP) is 5.55. The van der Waals surface area contributed by atoms with Crippen LogP contribution in [0.4, 0.5) is 5.82 Å².